The molecule has 2 aliphatic rings. The van der Waals surface area contributed by atoms with Crippen molar-refractivity contribution in [1.82, 2.24) is 15.2 Å². The number of nitrogens with zero attached hydrogens (tertiary/aromatic N) is 2. The van der Waals surface area contributed by atoms with E-state index in [0.29, 0.717) is 26.0 Å². The highest BCUT2D eigenvalue weighted by Gasteiger charge is 2.44. The molecule has 3 aromatic rings. The molecule has 0 atom stereocenters. The number of aryl methyl sites for hydroxylation is 2. The first kappa shape index (κ1) is 24.0. The zero-order valence-electron chi connectivity index (χ0n) is 21.2. The van der Waals surface area contributed by atoms with Gasteiger partial charge in [0.1, 0.15) is 5.69 Å². The second-order valence-electron chi connectivity index (χ2n) is 9.41. The van der Waals surface area contributed by atoms with Crippen LogP contribution in [-0.4, -0.2) is 40.2 Å². The molecule has 0 bridgehead atoms. The molecular weight excluding hydrogens is 428 g/mol. The normalized spacial score (nSPS) is 15.8. The van der Waals surface area contributed by atoms with Crippen molar-refractivity contribution in [1.29, 1.82) is 0 Å². The summed E-state index contributed by atoms with van der Waals surface area (Å²) in [6.45, 7) is 12.7. The van der Waals surface area contributed by atoms with E-state index in [-0.39, 0.29) is 11.9 Å². The third-order valence-corrected chi connectivity index (χ3v) is 7.00. The van der Waals surface area contributed by atoms with Crippen LogP contribution in [0.15, 0.2) is 12.1 Å². The zero-order chi connectivity index (χ0) is 24.6. The average molecular weight is 465 g/mol. The van der Waals surface area contributed by atoms with Crippen LogP contribution in [0.3, 0.4) is 0 Å². The molecule has 0 radical (unpaired) electrons. The van der Waals surface area contributed by atoms with E-state index >= 15 is 0 Å². The molecule has 182 valence electrons. The van der Waals surface area contributed by atoms with Gasteiger partial charge in [0.2, 0.25) is 5.91 Å². The van der Waals surface area contributed by atoms with Crippen molar-refractivity contribution < 1.29 is 14.3 Å². The highest BCUT2D eigenvalue weighted by Crippen LogP contribution is 2.46. The molecule has 34 heavy (non-hydrogen) atoms. The number of ether oxygens (including phenoxy) is 1. The van der Waals surface area contributed by atoms with Crippen molar-refractivity contribution in [3.05, 3.63) is 34.5 Å². The van der Waals surface area contributed by atoms with Crippen molar-refractivity contribution in [2.75, 3.05) is 18.1 Å². The number of aromatic amines is 2. The minimum atomic E-state index is -0.607. The summed E-state index contributed by atoms with van der Waals surface area (Å²) in [6.07, 6.45) is 3.95. The van der Waals surface area contributed by atoms with Gasteiger partial charge in [-0.1, -0.05) is 13.8 Å². The molecule has 7 heteroatoms. The van der Waals surface area contributed by atoms with E-state index in [4.69, 9.17) is 4.74 Å². The summed E-state index contributed by atoms with van der Waals surface area (Å²) in [7, 11) is 0. The van der Waals surface area contributed by atoms with Crippen LogP contribution in [0, 0.1) is 6.92 Å². The molecule has 2 aromatic heterocycles. The van der Waals surface area contributed by atoms with Crippen molar-refractivity contribution in [2.45, 2.75) is 79.1 Å². The summed E-state index contributed by atoms with van der Waals surface area (Å²) in [6, 6.07) is 4.31. The van der Waals surface area contributed by atoms with Gasteiger partial charge in [-0.15, -0.1) is 0 Å². The summed E-state index contributed by atoms with van der Waals surface area (Å²) < 4.78 is 5.04. The number of aromatic nitrogens is 3. The predicted octanol–water partition coefficient (Wildman–Crippen LogP) is 5.35. The topological polar surface area (TPSA) is 91.1 Å². The van der Waals surface area contributed by atoms with Gasteiger partial charge in [0, 0.05) is 40.8 Å². The van der Waals surface area contributed by atoms with Crippen LogP contribution in [-0.2, 0) is 32.6 Å². The van der Waals surface area contributed by atoms with E-state index in [1.165, 1.54) is 11.1 Å². The molecule has 1 aliphatic carbocycles. The van der Waals surface area contributed by atoms with Crippen molar-refractivity contribution >= 4 is 28.5 Å². The standard InChI is InChI=1S/C25H30N4O3.C2H6/c1-5-32-21(30)10-7-11-29-20-12-17-16-9-6-8-15-14(2)27-28-23(15)22(16)26-19(17)13-18(20)25(3,4)24(29)31;1-2/h12-13,26H,5-11H2,1-4H3,(H,27,28);1-2H3. The number of hydrogen-bond acceptors (Lipinski definition) is 4. The lowest BCUT2D eigenvalue weighted by atomic mass is 9.85. The number of rotatable bonds is 5. The number of benzene rings is 1. The molecule has 0 unspecified atom stereocenters. The molecule has 1 aliphatic heterocycles. The average Bonchev–Trinajstić information content (AvgIpc) is 3.36. The van der Waals surface area contributed by atoms with E-state index in [0.717, 1.165) is 58.5 Å². The Kier molecular flexibility index (Phi) is 6.56. The number of esters is 1. The first-order valence-electron chi connectivity index (χ1n) is 12.5. The summed E-state index contributed by atoms with van der Waals surface area (Å²) >= 11 is 0. The molecule has 0 spiro atoms. The van der Waals surface area contributed by atoms with Gasteiger partial charge in [-0.3, -0.25) is 14.7 Å². The Morgan fingerprint density at radius 2 is 1.94 bits per heavy atom. The summed E-state index contributed by atoms with van der Waals surface area (Å²) in [5.74, 6) is -0.129. The van der Waals surface area contributed by atoms with Crippen LogP contribution < -0.4 is 4.90 Å². The van der Waals surface area contributed by atoms with Crippen LogP contribution in [0.5, 0.6) is 0 Å². The minimum absolute atomic E-state index is 0.0836. The number of anilines is 1. The van der Waals surface area contributed by atoms with E-state index < -0.39 is 5.41 Å². The predicted molar refractivity (Wildman–Crippen MR) is 135 cm³/mol. The van der Waals surface area contributed by atoms with Gasteiger partial charge in [0.05, 0.1) is 17.7 Å². The monoisotopic (exact) mass is 464 g/mol. The Hall–Kier alpha value is -3.09. The SMILES string of the molecule is CC.CCOC(=O)CCCN1C(=O)C(C)(C)c2cc3[nH]c4c(c3cc21)CCCc1c-4n[nH]c1C. The van der Waals surface area contributed by atoms with Gasteiger partial charge in [0.25, 0.3) is 0 Å². The number of hydrogen-bond donors (Lipinski definition) is 2. The molecule has 0 saturated carbocycles. The van der Waals surface area contributed by atoms with E-state index in [9.17, 15) is 9.59 Å². The summed E-state index contributed by atoms with van der Waals surface area (Å²) in [4.78, 5) is 30.5. The van der Waals surface area contributed by atoms with E-state index in [1.54, 1.807) is 6.92 Å². The fourth-order valence-corrected chi connectivity index (χ4v) is 5.28. The third-order valence-electron chi connectivity index (χ3n) is 7.00. The summed E-state index contributed by atoms with van der Waals surface area (Å²) in [5, 5.41) is 8.90. The molecular formula is C27H36N4O3. The van der Waals surface area contributed by atoms with Crippen molar-refractivity contribution in [3.63, 3.8) is 0 Å². The molecule has 3 heterocycles. The van der Waals surface area contributed by atoms with Crippen molar-refractivity contribution in [3.8, 4) is 11.4 Å². The molecule has 2 N–H and O–H groups in total. The van der Waals surface area contributed by atoms with Gasteiger partial charge in [-0.2, -0.15) is 5.10 Å². The van der Waals surface area contributed by atoms with Gasteiger partial charge >= 0.3 is 5.97 Å². The number of fused-ring (bicyclic) bond motifs is 6. The Bertz CT molecular complexity index is 1230. The number of amides is 1. The fraction of sp³-hybridized carbons (Fsp3) is 0.519. The molecule has 0 saturated heterocycles. The van der Waals surface area contributed by atoms with Gasteiger partial charge < -0.3 is 14.6 Å². The number of nitrogens with one attached hydrogen (secondary N) is 2. The van der Waals surface area contributed by atoms with Gasteiger partial charge in [-0.25, -0.2) is 0 Å². The Morgan fingerprint density at radius 3 is 2.68 bits per heavy atom. The Labute approximate surface area is 201 Å². The lowest BCUT2D eigenvalue weighted by Crippen LogP contribution is -2.36. The highest BCUT2D eigenvalue weighted by atomic mass is 16.5. The maximum Gasteiger partial charge on any atom is 0.305 e. The molecule has 0 fully saturated rings. The summed E-state index contributed by atoms with van der Waals surface area (Å²) in [5.41, 5.74) is 8.25. The van der Waals surface area contributed by atoms with Crippen LogP contribution in [0.1, 0.15) is 76.3 Å². The maximum absolute atomic E-state index is 13.3. The molecule has 5 rings (SSSR count). The van der Waals surface area contributed by atoms with E-state index in [1.807, 2.05) is 32.6 Å². The van der Waals surface area contributed by atoms with Crippen LogP contribution in [0.4, 0.5) is 5.69 Å². The van der Waals surface area contributed by atoms with Crippen molar-refractivity contribution in [2.24, 2.45) is 0 Å². The highest BCUT2D eigenvalue weighted by molar-refractivity contribution is 6.10. The fourth-order valence-electron chi connectivity index (χ4n) is 5.28. The first-order valence-corrected chi connectivity index (χ1v) is 12.5. The first-order chi connectivity index (χ1) is 16.3. The molecule has 1 amide bonds. The zero-order valence-corrected chi connectivity index (χ0v) is 21.2. The van der Waals surface area contributed by atoms with Gasteiger partial charge in [-0.05, 0) is 76.6 Å². The van der Waals surface area contributed by atoms with E-state index in [2.05, 4.69) is 34.2 Å². The smallest absolute Gasteiger partial charge is 0.305 e. The number of carbonyl (C=O) groups excluding carboxylic acids is 2. The number of carbonyl (C=O) groups is 2. The van der Waals surface area contributed by atoms with Crippen LogP contribution in [0.25, 0.3) is 22.3 Å². The maximum atomic E-state index is 13.3. The second kappa shape index (κ2) is 9.28. The number of H-pyrrole nitrogens is 2. The quantitative estimate of drug-likeness (QED) is 0.498. The second-order valence-corrected chi connectivity index (χ2v) is 9.41. The lowest BCUT2D eigenvalue weighted by molar-refractivity contribution is -0.143. The Morgan fingerprint density at radius 1 is 1.21 bits per heavy atom. The van der Waals surface area contributed by atoms with Crippen LogP contribution >= 0.6 is 0 Å². The minimum Gasteiger partial charge on any atom is -0.466 e. The molecule has 1 aromatic carbocycles. The van der Waals surface area contributed by atoms with Crippen LogP contribution in [0.2, 0.25) is 0 Å². The molecule has 7 nitrogen and oxygen atoms in total. The van der Waals surface area contributed by atoms with Gasteiger partial charge in [0.15, 0.2) is 0 Å². The largest absolute Gasteiger partial charge is 0.466 e. The Balaban J connectivity index is 0.00000133. The lowest BCUT2D eigenvalue weighted by Gasteiger charge is -2.20. The third kappa shape index (κ3) is 3.81.